The molecule has 3 amide bonds. The number of urea groups is 1. The standard InChI is InChI=1S/C23H24N2O6/c1-15(26)17-6-3-4-7-18(17)31-13-10-25-21(27)23(2,24-22(25)28)16-8-9-19-20(14-16)30-12-5-11-29-19/h3-4,6-9,14H,5,10-13H2,1-2H3,(H,24,28). The van der Waals surface area contributed by atoms with E-state index in [2.05, 4.69) is 5.32 Å². The predicted octanol–water partition coefficient (Wildman–Crippen LogP) is 2.90. The molecule has 1 unspecified atom stereocenters. The molecule has 8 nitrogen and oxygen atoms in total. The first-order chi connectivity index (χ1) is 14.9. The predicted molar refractivity (Wildman–Crippen MR) is 112 cm³/mol. The lowest BCUT2D eigenvalue weighted by Crippen LogP contribution is -2.41. The zero-order valence-electron chi connectivity index (χ0n) is 17.5. The largest absolute Gasteiger partial charge is 0.491 e. The van der Waals surface area contributed by atoms with Crippen molar-refractivity contribution in [2.45, 2.75) is 25.8 Å². The summed E-state index contributed by atoms with van der Waals surface area (Å²) >= 11 is 0. The van der Waals surface area contributed by atoms with Crippen LogP contribution in [0, 0.1) is 0 Å². The maximum Gasteiger partial charge on any atom is 0.325 e. The highest BCUT2D eigenvalue weighted by molar-refractivity contribution is 6.07. The van der Waals surface area contributed by atoms with Gasteiger partial charge >= 0.3 is 6.03 Å². The van der Waals surface area contributed by atoms with E-state index in [-0.39, 0.29) is 24.8 Å². The summed E-state index contributed by atoms with van der Waals surface area (Å²) in [5.41, 5.74) is -0.156. The number of para-hydroxylation sites is 1. The summed E-state index contributed by atoms with van der Waals surface area (Å²) in [6.45, 7) is 4.34. The summed E-state index contributed by atoms with van der Waals surface area (Å²) in [6, 6.07) is 11.6. The molecule has 2 aromatic rings. The van der Waals surface area contributed by atoms with Crippen molar-refractivity contribution in [1.82, 2.24) is 10.2 Å². The number of fused-ring (bicyclic) bond motifs is 1. The van der Waals surface area contributed by atoms with Crippen molar-refractivity contribution in [3.63, 3.8) is 0 Å². The lowest BCUT2D eigenvalue weighted by molar-refractivity contribution is -0.131. The van der Waals surface area contributed by atoms with Crippen LogP contribution < -0.4 is 19.5 Å². The van der Waals surface area contributed by atoms with E-state index < -0.39 is 11.6 Å². The number of hydrogen-bond donors (Lipinski definition) is 1. The van der Waals surface area contributed by atoms with E-state index >= 15 is 0 Å². The van der Waals surface area contributed by atoms with Crippen LogP contribution in [-0.4, -0.2) is 49.0 Å². The van der Waals surface area contributed by atoms with E-state index in [9.17, 15) is 14.4 Å². The minimum absolute atomic E-state index is 0.0526. The minimum Gasteiger partial charge on any atom is -0.491 e. The second-order valence-corrected chi connectivity index (χ2v) is 7.62. The van der Waals surface area contributed by atoms with E-state index in [0.717, 1.165) is 11.3 Å². The van der Waals surface area contributed by atoms with Crippen LogP contribution in [0.5, 0.6) is 17.2 Å². The first-order valence-electron chi connectivity index (χ1n) is 10.2. The molecule has 4 rings (SSSR count). The highest BCUT2D eigenvalue weighted by Crippen LogP contribution is 2.36. The molecule has 0 saturated carbocycles. The summed E-state index contributed by atoms with van der Waals surface area (Å²) in [6.07, 6.45) is 0.775. The lowest BCUT2D eigenvalue weighted by Gasteiger charge is -2.23. The van der Waals surface area contributed by atoms with Crippen LogP contribution in [0.4, 0.5) is 4.79 Å². The normalized spacial score (nSPS) is 20.3. The second kappa shape index (κ2) is 8.29. The third-order valence-electron chi connectivity index (χ3n) is 5.44. The second-order valence-electron chi connectivity index (χ2n) is 7.62. The molecular formula is C23H24N2O6. The van der Waals surface area contributed by atoms with Gasteiger partial charge in [-0.3, -0.25) is 14.5 Å². The zero-order chi connectivity index (χ0) is 22.0. The van der Waals surface area contributed by atoms with Gasteiger partial charge in [0, 0.05) is 6.42 Å². The highest BCUT2D eigenvalue weighted by atomic mass is 16.5. The van der Waals surface area contributed by atoms with Crippen molar-refractivity contribution in [3.05, 3.63) is 53.6 Å². The van der Waals surface area contributed by atoms with Gasteiger partial charge in [-0.1, -0.05) is 18.2 Å². The summed E-state index contributed by atoms with van der Waals surface area (Å²) in [5, 5.41) is 2.78. The Morgan fingerprint density at radius 2 is 1.87 bits per heavy atom. The fourth-order valence-corrected chi connectivity index (χ4v) is 3.70. The van der Waals surface area contributed by atoms with Crippen molar-refractivity contribution in [2.24, 2.45) is 0 Å². The van der Waals surface area contributed by atoms with E-state index in [1.165, 1.54) is 6.92 Å². The minimum atomic E-state index is -1.22. The zero-order valence-corrected chi connectivity index (χ0v) is 17.5. The van der Waals surface area contributed by atoms with Gasteiger partial charge in [-0.2, -0.15) is 0 Å². The fourth-order valence-electron chi connectivity index (χ4n) is 3.70. The number of carbonyl (C=O) groups excluding carboxylic acids is 3. The lowest BCUT2D eigenvalue weighted by atomic mass is 9.91. The monoisotopic (exact) mass is 424 g/mol. The van der Waals surface area contributed by atoms with E-state index in [1.54, 1.807) is 49.4 Å². The number of hydrogen-bond acceptors (Lipinski definition) is 6. The number of nitrogens with zero attached hydrogens (tertiary/aromatic N) is 1. The van der Waals surface area contributed by atoms with E-state index in [1.807, 2.05) is 0 Å². The average Bonchev–Trinajstić information content (AvgIpc) is 2.92. The van der Waals surface area contributed by atoms with Gasteiger partial charge in [0.15, 0.2) is 17.3 Å². The van der Waals surface area contributed by atoms with Crippen LogP contribution >= 0.6 is 0 Å². The topological polar surface area (TPSA) is 94.2 Å². The number of amides is 3. The third kappa shape index (κ3) is 3.93. The van der Waals surface area contributed by atoms with Crippen molar-refractivity contribution in [3.8, 4) is 17.2 Å². The van der Waals surface area contributed by atoms with Gasteiger partial charge in [-0.15, -0.1) is 0 Å². The van der Waals surface area contributed by atoms with Gasteiger partial charge in [0.1, 0.15) is 17.9 Å². The van der Waals surface area contributed by atoms with Crippen molar-refractivity contribution in [1.29, 1.82) is 0 Å². The smallest absolute Gasteiger partial charge is 0.325 e. The summed E-state index contributed by atoms with van der Waals surface area (Å²) in [5.74, 6) is 1.10. The van der Waals surface area contributed by atoms with Crippen molar-refractivity contribution < 1.29 is 28.6 Å². The fraction of sp³-hybridized carbons (Fsp3) is 0.348. The maximum absolute atomic E-state index is 13.2. The van der Waals surface area contributed by atoms with E-state index in [4.69, 9.17) is 14.2 Å². The molecule has 1 saturated heterocycles. The molecule has 0 aromatic heterocycles. The number of ketones is 1. The Morgan fingerprint density at radius 3 is 2.65 bits per heavy atom. The van der Waals surface area contributed by atoms with Crippen LogP contribution in [0.2, 0.25) is 0 Å². The number of carbonyl (C=O) groups is 3. The number of rotatable bonds is 6. The third-order valence-corrected chi connectivity index (χ3v) is 5.44. The van der Waals surface area contributed by atoms with Gasteiger partial charge in [0.25, 0.3) is 5.91 Å². The van der Waals surface area contributed by atoms with Crippen LogP contribution in [0.1, 0.15) is 36.2 Å². The molecule has 31 heavy (non-hydrogen) atoms. The van der Waals surface area contributed by atoms with Gasteiger partial charge in [0.05, 0.1) is 25.3 Å². The molecule has 2 heterocycles. The Hall–Kier alpha value is -3.55. The van der Waals surface area contributed by atoms with Crippen LogP contribution in [0.3, 0.4) is 0 Å². The Kier molecular flexibility index (Phi) is 5.54. The summed E-state index contributed by atoms with van der Waals surface area (Å²) in [7, 11) is 0. The van der Waals surface area contributed by atoms with Gasteiger partial charge < -0.3 is 19.5 Å². The summed E-state index contributed by atoms with van der Waals surface area (Å²) in [4.78, 5) is 38.6. The molecule has 0 aliphatic carbocycles. The maximum atomic E-state index is 13.2. The molecular weight excluding hydrogens is 400 g/mol. The number of ether oxygens (including phenoxy) is 3. The molecule has 162 valence electrons. The van der Waals surface area contributed by atoms with Crippen LogP contribution in [0.15, 0.2) is 42.5 Å². The molecule has 0 spiro atoms. The number of nitrogens with one attached hydrogen (secondary N) is 1. The van der Waals surface area contributed by atoms with Crippen molar-refractivity contribution in [2.75, 3.05) is 26.4 Å². The van der Waals surface area contributed by atoms with Gasteiger partial charge in [-0.25, -0.2) is 4.79 Å². The first-order valence-corrected chi connectivity index (χ1v) is 10.2. The SMILES string of the molecule is CC(=O)c1ccccc1OCCN1C(=O)NC(C)(c2ccc3c(c2)OCCCO3)C1=O. The number of benzene rings is 2. The molecule has 2 aliphatic rings. The van der Waals surface area contributed by atoms with Crippen LogP contribution in [0.25, 0.3) is 0 Å². The van der Waals surface area contributed by atoms with Gasteiger partial charge in [0.2, 0.25) is 0 Å². The molecule has 0 bridgehead atoms. The first kappa shape index (κ1) is 20.7. The summed E-state index contributed by atoms with van der Waals surface area (Å²) < 4.78 is 17.0. The molecule has 8 heteroatoms. The molecule has 2 aromatic carbocycles. The number of imide groups is 1. The molecule has 2 aliphatic heterocycles. The van der Waals surface area contributed by atoms with Gasteiger partial charge in [-0.05, 0) is 43.7 Å². The number of Topliss-reactive ketones (excluding diaryl/α,β-unsaturated/α-hetero) is 1. The highest BCUT2D eigenvalue weighted by Gasteiger charge is 2.49. The Morgan fingerprint density at radius 1 is 1.13 bits per heavy atom. The Bertz CT molecular complexity index is 1040. The molecule has 1 fully saturated rings. The Balaban J connectivity index is 1.47. The van der Waals surface area contributed by atoms with E-state index in [0.29, 0.717) is 41.6 Å². The molecule has 1 N–H and O–H groups in total. The van der Waals surface area contributed by atoms with Crippen molar-refractivity contribution >= 4 is 17.7 Å². The Labute approximate surface area is 180 Å². The average molecular weight is 424 g/mol. The molecule has 0 radical (unpaired) electrons. The van der Waals surface area contributed by atoms with Crippen LogP contribution in [-0.2, 0) is 10.3 Å². The molecule has 1 atom stereocenters. The quantitative estimate of drug-likeness (QED) is 0.566.